The van der Waals surface area contributed by atoms with Crippen LogP contribution in [0.5, 0.6) is 0 Å². The number of aliphatic hydroxyl groups is 1. The zero-order chi connectivity index (χ0) is 16.0. The molecule has 0 atom stereocenters. The molecule has 0 saturated carbocycles. The maximum atomic E-state index is 12.0. The molecule has 0 aliphatic rings. The van der Waals surface area contributed by atoms with Gasteiger partial charge in [0, 0.05) is 17.7 Å². The lowest BCUT2D eigenvalue weighted by Crippen LogP contribution is -2.42. The molecule has 0 heterocycles. The number of carbonyl (C=O) groups is 2. The Kier molecular flexibility index (Phi) is 5.77. The van der Waals surface area contributed by atoms with Gasteiger partial charge in [0.05, 0.1) is 10.4 Å². The summed E-state index contributed by atoms with van der Waals surface area (Å²) in [5.41, 5.74) is 5.30. The molecule has 4 N–H and O–H groups in total. The zero-order valence-electron chi connectivity index (χ0n) is 11.9. The Balaban J connectivity index is 2.80. The molecular formula is C15H17ClN2O3. The molecule has 0 bridgehead atoms. The highest BCUT2D eigenvalue weighted by Crippen LogP contribution is 2.18. The normalized spacial score (nSPS) is 10.5. The van der Waals surface area contributed by atoms with Gasteiger partial charge < -0.3 is 16.2 Å². The van der Waals surface area contributed by atoms with Crippen LogP contribution in [0.3, 0.4) is 0 Å². The van der Waals surface area contributed by atoms with Crippen molar-refractivity contribution in [2.45, 2.75) is 13.8 Å². The number of primary amides is 1. The number of nitrogens with two attached hydrogens (primary N) is 1. The van der Waals surface area contributed by atoms with E-state index < -0.39 is 11.3 Å². The second-order valence-electron chi connectivity index (χ2n) is 5.09. The lowest BCUT2D eigenvalue weighted by molar-refractivity contribution is -0.125. The van der Waals surface area contributed by atoms with Crippen LogP contribution in [0.2, 0.25) is 5.02 Å². The molecule has 0 aliphatic carbocycles. The van der Waals surface area contributed by atoms with Crippen molar-refractivity contribution in [2.24, 2.45) is 11.1 Å². The van der Waals surface area contributed by atoms with E-state index in [-0.39, 0.29) is 19.1 Å². The molecular weight excluding hydrogens is 292 g/mol. The van der Waals surface area contributed by atoms with Crippen molar-refractivity contribution in [1.29, 1.82) is 0 Å². The van der Waals surface area contributed by atoms with E-state index >= 15 is 0 Å². The molecule has 0 radical (unpaired) electrons. The van der Waals surface area contributed by atoms with Gasteiger partial charge in [-0.3, -0.25) is 9.59 Å². The van der Waals surface area contributed by atoms with Gasteiger partial charge in [-0.25, -0.2) is 0 Å². The van der Waals surface area contributed by atoms with E-state index in [0.29, 0.717) is 16.1 Å². The van der Waals surface area contributed by atoms with Crippen LogP contribution in [0, 0.1) is 17.3 Å². The van der Waals surface area contributed by atoms with Gasteiger partial charge in [-0.05, 0) is 32.0 Å². The van der Waals surface area contributed by atoms with Crippen molar-refractivity contribution in [3.63, 3.8) is 0 Å². The van der Waals surface area contributed by atoms with Crippen molar-refractivity contribution in [3.05, 3.63) is 34.3 Å². The molecule has 0 aliphatic heterocycles. The highest BCUT2D eigenvalue weighted by atomic mass is 35.5. The van der Waals surface area contributed by atoms with Gasteiger partial charge in [-0.2, -0.15) is 0 Å². The molecule has 0 fully saturated rings. The van der Waals surface area contributed by atoms with Gasteiger partial charge in [0.1, 0.15) is 6.61 Å². The fraction of sp³-hybridized carbons (Fsp3) is 0.333. The lowest BCUT2D eigenvalue weighted by atomic mass is 9.92. The van der Waals surface area contributed by atoms with Crippen molar-refractivity contribution in [1.82, 2.24) is 5.32 Å². The van der Waals surface area contributed by atoms with Gasteiger partial charge in [0.15, 0.2) is 0 Å². The minimum absolute atomic E-state index is 0.130. The number of hydrogen-bond donors (Lipinski definition) is 3. The van der Waals surface area contributed by atoms with E-state index in [2.05, 4.69) is 17.2 Å². The Hall–Kier alpha value is -2.03. The number of amides is 2. The summed E-state index contributed by atoms with van der Waals surface area (Å²) < 4.78 is 0. The monoisotopic (exact) mass is 308 g/mol. The average molecular weight is 309 g/mol. The molecule has 6 heteroatoms. The second kappa shape index (κ2) is 7.11. The van der Waals surface area contributed by atoms with Crippen molar-refractivity contribution < 1.29 is 14.7 Å². The predicted molar refractivity (Wildman–Crippen MR) is 80.7 cm³/mol. The topological polar surface area (TPSA) is 92.4 Å². The molecule has 0 aromatic heterocycles. The van der Waals surface area contributed by atoms with Crippen LogP contribution in [0.1, 0.15) is 29.8 Å². The number of hydrogen-bond acceptors (Lipinski definition) is 3. The quantitative estimate of drug-likeness (QED) is 0.722. The first-order valence-corrected chi connectivity index (χ1v) is 6.63. The molecule has 21 heavy (non-hydrogen) atoms. The van der Waals surface area contributed by atoms with E-state index in [4.69, 9.17) is 22.4 Å². The second-order valence-corrected chi connectivity index (χ2v) is 5.49. The van der Waals surface area contributed by atoms with Crippen molar-refractivity contribution >= 4 is 23.4 Å². The predicted octanol–water partition coefficient (Wildman–Crippen LogP) is 0.925. The van der Waals surface area contributed by atoms with Gasteiger partial charge in [-0.15, -0.1) is 0 Å². The van der Waals surface area contributed by atoms with E-state index in [1.807, 2.05) is 0 Å². The third-order valence-corrected chi connectivity index (χ3v) is 3.20. The Morgan fingerprint density at radius 1 is 1.43 bits per heavy atom. The zero-order valence-corrected chi connectivity index (χ0v) is 12.6. The minimum Gasteiger partial charge on any atom is -0.384 e. The van der Waals surface area contributed by atoms with Crippen LogP contribution >= 0.6 is 11.6 Å². The number of halogens is 1. The van der Waals surface area contributed by atoms with Gasteiger partial charge in [0.25, 0.3) is 5.91 Å². The van der Waals surface area contributed by atoms with Gasteiger partial charge >= 0.3 is 0 Å². The fourth-order valence-electron chi connectivity index (χ4n) is 1.38. The molecule has 1 aromatic carbocycles. The van der Waals surface area contributed by atoms with Crippen LogP contribution in [0.25, 0.3) is 0 Å². The maximum Gasteiger partial charge on any atom is 0.251 e. The largest absolute Gasteiger partial charge is 0.384 e. The summed E-state index contributed by atoms with van der Waals surface area (Å²) in [7, 11) is 0. The third kappa shape index (κ3) is 4.78. The lowest BCUT2D eigenvalue weighted by Gasteiger charge is -2.20. The molecule has 5 nitrogen and oxygen atoms in total. The Labute approximate surface area is 128 Å². The fourth-order valence-corrected chi connectivity index (χ4v) is 1.61. The molecule has 2 amide bonds. The Bertz CT molecular complexity index is 615. The van der Waals surface area contributed by atoms with Crippen LogP contribution in [-0.4, -0.2) is 30.1 Å². The minimum atomic E-state index is -0.827. The van der Waals surface area contributed by atoms with Crippen molar-refractivity contribution in [2.75, 3.05) is 13.2 Å². The smallest absolute Gasteiger partial charge is 0.251 e. The molecule has 0 saturated heterocycles. The number of aliphatic hydroxyl groups excluding tert-OH is 1. The molecule has 0 unspecified atom stereocenters. The third-order valence-electron chi connectivity index (χ3n) is 2.89. The highest BCUT2D eigenvalue weighted by Gasteiger charge is 2.25. The molecule has 0 spiro atoms. The maximum absolute atomic E-state index is 12.0. The number of benzene rings is 1. The van der Waals surface area contributed by atoms with Crippen molar-refractivity contribution in [3.8, 4) is 11.8 Å². The first-order chi connectivity index (χ1) is 9.77. The first kappa shape index (κ1) is 17.0. The molecule has 1 aromatic rings. The summed E-state index contributed by atoms with van der Waals surface area (Å²) in [6.45, 7) is 3.16. The summed E-state index contributed by atoms with van der Waals surface area (Å²) >= 11 is 6.01. The summed E-state index contributed by atoms with van der Waals surface area (Å²) in [6.07, 6.45) is 0. The van der Waals surface area contributed by atoms with E-state index in [9.17, 15) is 9.59 Å². The van der Waals surface area contributed by atoms with E-state index in [0.717, 1.165) is 0 Å². The van der Waals surface area contributed by atoms with Gasteiger partial charge in [-0.1, -0.05) is 23.4 Å². The summed E-state index contributed by atoms with van der Waals surface area (Å²) in [6, 6.07) is 4.65. The first-order valence-electron chi connectivity index (χ1n) is 6.25. The van der Waals surface area contributed by atoms with E-state index in [1.165, 1.54) is 6.07 Å². The number of carbonyl (C=O) groups excluding carboxylic acids is 2. The summed E-state index contributed by atoms with van der Waals surface area (Å²) in [5.74, 6) is 4.31. The van der Waals surface area contributed by atoms with Crippen LogP contribution in [0.15, 0.2) is 18.2 Å². The molecule has 1 rings (SSSR count). The summed E-state index contributed by atoms with van der Waals surface area (Å²) in [4.78, 5) is 23.2. The van der Waals surface area contributed by atoms with Gasteiger partial charge in [0.2, 0.25) is 5.91 Å². The van der Waals surface area contributed by atoms with E-state index in [1.54, 1.807) is 26.0 Å². The van der Waals surface area contributed by atoms with Crippen LogP contribution in [-0.2, 0) is 4.79 Å². The summed E-state index contributed by atoms with van der Waals surface area (Å²) in [5, 5.41) is 11.6. The molecule has 112 valence electrons. The SMILES string of the molecule is CC(C)(CNC(=O)c1ccc(C#CCO)c(Cl)c1)C(N)=O. The Morgan fingerprint density at radius 2 is 2.10 bits per heavy atom. The highest BCUT2D eigenvalue weighted by molar-refractivity contribution is 6.32. The number of nitrogens with one attached hydrogen (secondary N) is 1. The van der Waals surface area contributed by atoms with Crippen LogP contribution < -0.4 is 11.1 Å². The van der Waals surface area contributed by atoms with Crippen LogP contribution in [0.4, 0.5) is 0 Å². The number of rotatable bonds is 4. The average Bonchev–Trinajstić information content (AvgIpc) is 2.43. The standard InChI is InChI=1S/C15H17ClN2O3/c1-15(2,14(17)21)9-18-13(20)11-6-5-10(4-3-7-19)12(16)8-11/h5-6,8,19H,7,9H2,1-2H3,(H2,17,21)(H,18,20). The Morgan fingerprint density at radius 3 is 2.62 bits per heavy atom.